The van der Waals surface area contributed by atoms with Crippen molar-refractivity contribution in [3.8, 4) is 0 Å². The summed E-state index contributed by atoms with van der Waals surface area (Å²) >= 11 is 2.85. The van der Waals surface area contributed by atoms with E-state index >= 15 is 0 Å². The largest absolute Gasteiger partial charge is 0.462 e. The molecule has 8 heteroatoms. The molecule has 1 aliphatic heterocycles. The van der Waals surface area contributed by atoms with Crippen molar-refractivity contribution in [1.82, 2.24) is 4.90 Å². The number of carbonyl (C=O) groups is 2. The molecule has 2 aromatic rings. The zero-order valence-corrected chi connectivity index (χ0v) is 15.9. The van der Waals surface area contributed by atoms with Crippen LogP contribution in [-0.2, 0) is 17.7 Å². The van der Waals surface area contributed by atoms with Crippen molar-refractivity contribution in [2.24, 2.45) is 0 Å². The first-order valence-electron chi connectivity index (χ1n) is 7.45. The molecule has 0 saturated carbocycles. The maximum Gasteiger partial charge on any atom is 0.341 e. The number of anilines is 1. The fourth-order valence-corrected chi connectivity index (χ4v) is 4.54. The quantitative estimate of drug-likeness (QED) is 0.815. The van der Waals surface area contributed by atoms with Crippen molar-refractivity contribution in [3.05, 3.63) is 38.4 Å². The summed E-state index contributed by atoms with van der Waals surface area (Å²) < 4.78 is 5.20. The number of esters is 1. The van der Waals surface area contributed by atoms with E-state index in [1.54, 1.807) is 13.0 Å². The van der Waals surface area contributed by atoms with Crippen molar-refractivity contribution < 1.29 is 14.3 Å². The molecule has 0 radical (unpaired) electrons. The number of nitrogens with one attached hydrogen (secondary N) is 1. The number of thiophene rings is 2. The molecule has 0 aliphatic carbocycles. The van der Waals surface area contributed by atoms with Crippen molar-refractivity contribution in [3.63, 3.8) is 0 Å². The van der Waals surface area contributed by atoms with E-state index in [1.807, 2.05) is 11.4 Å². The highest BCUT2D eigenvalue weighted by Gasteiger charge is 2.28. The van der Waals surface area contributed by atoms with Gasteiger partial charge in [0.15, 0.2) is 0 Å². The number of halogens is 1. The Kier molecular flexibility index (Phi) is 6.40. The third-order valence-electron chi connectivity index (χ3n) is 3.70. The van der Waals surface area contributed by atoms with Gasteiger partial charge >= 0.3 is 5.97 Å². The number of nitrogens with zero attached hydrogens (tertiary/aromatic N) is 1. The minimum Gasteiger partial charge on any atom is -0.462 e. The van der Waals surface area contributed by atoms with Crippen molar-refractivity contribution in [2.75, 3.05) is 25.5 Å². The summed E-state index contributed by atoms with van der Waals surface area (Å²) in [6.07, 6.45) is 0.797. The van der Waals surface area contributed by atoms with Gasteiger partial charge in [-0.3, -0.25) is 4.79 Å². The Hall–Kier alpha value is -1.41. The van der Waals surface area contributed by atoms with Gasteiger partial charge < -0.3 is 15.0 Å². The lowest BCUT2D eigenvalue weighted by Crippen LogP contribution is -2.26. The van der Waals surface area contributed by atoms with Gasteiger partial charge in [0.2, 0.25) is 0 Å². The van der Waals surface area contributed by atoms with E-state index in [2.05, 4.69) is 17.3 Å². The van der Waals surface area contributed by atoms with E-state index in [4.69, 9.17) is 4.74 Å². The maximum absolute atomic E-state index is 12.4. The van der Waals surface area contributed by atoms with Crippen LogP contribution in [0.5, 0.6) is 0 Å². The summed E-state index contributed by atoms with van der Waals surface area (Å²) in [5, 5.41) is 5.35. The van der Waals surface area contributed by atoms with Crippen LogP contribution in [-0.4, -0.2) is 37.0 Å². The number of carbonyl (C=O) groups excluding carboxylic acids is 2. The number of ether oxygens (including phenoxy) is 1. The standard InChI is InChI=1S/C16H18N2O3S2.ClH/c1-3-21-16(20)13-10-6-7-18(2)9-12(10)23-15(13)17-14(19)11-5-4-8-22-11;/h4-5,8H,3,6-7,9H2,1-2H3,(H,17,19);1H. The predicted molar refractivity (Wildman–Crippen MR) is 99.8 cm³/mol. The van der Waals surface area contributed by atoms with Gasteiger partial charge in [0.1, 0.15) is 5.00 Å². The molecule has 0 spiro atoms. The highest BCUT2D eigenvalue weighted by atomic mass is 35.5. The van der Waals surface area contributed by atoms with Gasteiger partial charge in [-0.2, -0.15) is 0 Å². The Labute approximate surface area is 155 Å². The van der Waals surface area contributed by atoms with Gasteiger partial charge in [0.25, 0.3) is 5.91 Å². The highest BCUT2D eigenvalue weighted by Crippen LogP contribution is 2.37. The van der Waals surface area contributed by atoms with E-state index in [-0.39, 0.29) is 24.3 Å². The van der Waals surface area contributed by atoms with Crippen LogP contribution in [0.2, 0.25) is 0 Å². The Balaban J connectivity index is 0.00000208. The molecule has 130 valence electrons. The number of likely N-dealkylation sites (N-methyl/N-ethyl adjacent to an activating group) is 1. The van der Waals surface area contributed by atoms with E-state index in [1.165, 1.54) is 22.7 Å². The molecule has 0 bridgehead atoms. The van der Waals surface area contributed by atoms with Crippen LogP contribution in [0.25, 0.3) is 0 Å². The molecule has 1 amide bonds. The molecule has 24 heavy (non-hydrogen) atoms. The fourth-order valence-electron chi connectivity index (χ4n) is 2.61. The Morgan fingerprint density at radius 3 is 2.88 bits per heavy atom. The van der Waals surface area contributed by atoms with Crippen LogP contribution >= 0.6 is 35.1 Å². The van der Waals surface area contributed by atoms with E-state index < -0.39 is 0 Å². The summed E-state index contributed by atoms with van der Waals surface area (Å²) in [5.74, 6) is -0.534. The van der Waals surface area contributed by atoms with Crippen LogP contribution in [0.4, 0.5) is 5.00 Å². The van der Waals surface area contributed by atoms with Crippen LogP contribution in [0.15, 0.2) is 17.5 Å². The molecule has 0 atom stereocenters. The van der Waals surface area contributed by atoms with Crippen LogP contribution in [0.3, 0.4) is 0 Å². The summed E-state index contributed by atoms with van der Waals surface area (Å²) in [6.45, 7) is 3.80. The second kappa shape index (κ2) is 8.11. The number of hydrogen-bond acceptors (Lipinski definition) is 6. The first-order chi connectivity index (χ1) is 11.1. The topological polar surface area (TPSA) is 58.6 Å². The minimum atomic E-state index is -0.351. The van der Waals surface area contributed by atoms with Gasteiger partial charge in [0.05, 0.1) is 17.0 Å². The molecular formula is C16H19ClN2O3S2. The number of amides is 1. The van der Waals surface area contributed by atoms with Gasteiger partial charge in [0, 0.05) is 18.0 Å². The van der Waals surface area contributed by atoms with E-state index in [9.17, 15) is 9.59 Å². The third-order valence-corrected chi connectivity index (χ3v) is 5.70. The summed E-state index contributed by atoms with van der Waals surface area (Å²) in [4.78, 5) is 28.7. The monoisotopic (exact) mass is 386 g/mol. The van der Waals surface area contributed by atoms with Gasteiger partial charge in [-0.1, -0.05) is 6.07 Å². The first kappa shape index (κ1) is 18.9. The molecule has 2 aromatic heterocycles. The van der Waals surface area contributed by atoms with Crippen LogP contribution in [0, 0.1) is 0 Å². The number of fused-ring (bicyclic) bond motifs is 1. The summed E-state index contributed by atoms with van der Waals surface area (Å²) in [7, 11) is 2.05. The van der Waals surface area contributed by atoms with Crippen LogP contribution < -0.4 is 5.32 Å². The predicted octanol–water partition coefficient (Wildman–Crippen LogP) is 3.65. The molecule has 0 aromatic carbocycles. The Bertz CT molecular complexity index is 728. The van der Waals surface area contributed by atoms with Crippen LogP contribution in [0.1, 0.15) is 37.4 Å². The molecule has 0 saturated heterocycles. The average Bonchev–Trinajstić information content (AvgIpc) is 3.14. The van der Waals surface area contributed by atoms with Gasteiger partial charge in [-0.25, -0.2) is 4.79 Å². The highest BCUT2D eigenvalue weighted by molar-refractivity contribution is 7.17. The van der Waals surface area contributed by atoms with Gasteiger partial charge in [-0.15, -0.1) is 35.1 Å². The second-order valence-corrected chi connectivity index (χ2v) is 7.40. The smallest absolute Gasteiger partial charge is 0.341 e. The summed E-state index contributed by atoms with van der Waals surface area (Å²) in [5.41, 5.74) is 1.55. The molecule has 0 fully saturated rings. The first-order valence-corrected chi connectivity index (χ1v) is 9.14. The fraction of sp³-hybridized carbons (Fsp3) is 0.375. The van der Waals surface area contributed by atoms with Crippen molar-refractivity contribution >= 4 is 52.0 Å². The van der Waals surface area contributed by atoms with Gasteiger partial charge in [-0.05, 0) is 37.4 Å². The SMILES string of the molecule is CCOC(=O)c1c(NC(=O)c2cccs2)sc2c1CCN(C)C2.Cl. The third kappa shape index (κ3) is 3.80. The maximum atomic E-state index is 12.4. The molecule has 5 nitrogen and oxygen atoms in total. The number of hydrogen-bond donors (Lipinski definition) is 1. The van der Waals surface area contributed by atoms with E-state index in [0.29, 0.717) is 22.0 Å². The Morgan fingerprint density at radius 1 is 1.42 bits per heavy atom. The Morgan fingerprint density at radius 2 is 2.21 bits per heavy atom. The zero-order chi connectivity index (χ0) is 16.4. The average molecular weight is 387 g/mol. The lowest BCUT2D eigenvalue weighted by atomic mass is 10.0. The van der Waals surface area contributed by atoms with Crippen molar-refractivity contribution in [2.45, 2.75) is 19.9 Å². The van der Waals surface area contributed by atoms with Crippen molar-refractivity contribution in [1.29, 1.82) is 0 Å². The lowest BCUT2D eigenvalue weighted by Gasteiger charge is -2.22. The lowest BCUT2D eigenvalue weighted by molar-refractivity contribution is 0.0526. The molecule has 3 rings (SSSR count). The molecule has 1 aliphatic rings. The zero-order valence-electron chi connectivity index (χ0n) is 13.5. The summed E-state index contributed by atoms with van der Waals surface area (Å²) in [6, 6.07) is 3.60. The normalized spacial score (nSPS) is 13.8. The molecule has 1 N–H and O–H groups in total. The molecular weight excluding hydrogens is 368 g/mol. The molecule has 3 heterocycles. The van der Waals surface area contributed by atoms with E-state index in [0.717, 1.165) is 30.0 Å². The molecule has 0 unspecified atom stereocenters. The minimum absolute atomic E-state index is 0. The number of rotatable bonds is 4. The second-order valence-electron chi connectivity index (χ2n) is 5.35.